The van der Waals surface area contributed by atoms with Gasteiger partial charge in [-0.25, -0.2) is 4.79 Å². The summed E-state index contributed by atoms with van der Waals surface area (Å²) in [6.45, 7) is 6.65. The van der Waals surface area contributed by atoms with Crippen LogP contribution in [0.1, 0.15) is 104 Å². The van der Waals surface area contributed by atoms with Gasteiger partial charge in [0.1, 0.15) is 72.2 Å². The summed E-state index contributed by atoms with van der Waals surface area (Å²) < 4.78 is 0. The molecule has 2 aliphatic rings. The fourth-order valence-corrected chi connectivity index (χ4v) is 14.3. The van der Waals surface area contributed by atoms with Crippen LogP contribution in [0.2, 0.25) is 0 Å². The highest BCUT2D eigenvalue weighted by atomic mass is 33.1. The van der Waals surface area contributed by atoms with Gasteiger partial charge in [0.05, 0.1) is 12.6 Å². The predicted molar refractivity (Wildman–Crippen MR) is 406 cm³/mol. The first-order valence-corrected chi connectivity index (χ1v) is 39.0. The van der Waals surface area contributed by atoms with Crippen LogP contribution in [0.5, 0.6) is 5.75 Å². The summed E-state index contributed by atoms with van der Waals surface area (Å²) in [7, 11) is 1.74. The number of carboxylic acid groups (broad SMARTS) is 2. The van der Waals surface area contributed by atoms with Crippen molar-refractivity contribution in [3.05, 3.63) is 65.9 Å². The Morgan fingerprint density at radius 2 is 1.29 bits per heavy atom. The number of aliphatic imine (C=N–C) groups is 2. The zero-order valence-corrected chi connectivity index (χ0v) is 63.5. The van der Waals surface area contributed by atoms with E-state index in [1.165, 1.54) is 61.7 Å². The zero-order valence-electron chi connectivity index (χ0n) is 61.0. The molecule has 37 nitrogen and oxygen atoms in total. The number of aromatic nitrogens is 1. The highest BCUT2D eigenvalue weighted by Gasteiger charge is 2.42. The van der Waals surface area contributed by atoms with Gasteiger partial charge >= 0.3 is 11.9 Å². The van der Waals surface area contributed by atoms with Crippen molar-refractivity contribution in [2.75, 3.05) is 49.7 Å². The van der Waals surface area contributed by atoms with Gasteiger partial charge in [-0.2, -0.15) is 11.8 Å². The fourth-order valence-electron chi connectivity index (χ4n) is 11.5. The molecular formula is C68H102N20O17S3. The second kappa shape index (κ2) is 44.3. The van der Waals surface area contributed by atoms with E-state index < -0.39 is 192 Å². The summed E-state index contributed by atoms with van der Waals surface area (Å²) in [5.74, 6) is -16.4. The van der Waals surface area contributed by atoms with E-state index >= 15 is 14.4 Å². The molecule has 0 radical (unpaired) electrons. The van der Waals surface area contributed by atoms with Crippen molar-refractivity contribution in [2.24, 2.45) is 50.5 Å². The number of nitrogens with zero attached hydrogens (tertiary/aromatic N) is 3. The number of nitrogens with two attached hydrogens (primary N) is 5. The number of rotatable bonds is 31. The van der Waals surface area contributed by atoms with Crippen LogP contribution in [0, 0.1) is 11.8 Å². The van der Waals surface area contributed by atoms with E-state index in [0.29, 0.717) is 27.8 Å². The number of guanidine groups is 2. The number of aliphatic carboxylic acids is 2. The lowest BCUT2D eigenvalue weighted by Gasteiger charge is -2.31. The summed E-state index contributed by atoms with van der Waals surface area (Å²) in [5.41, 5.74) is 29.8. The van der Waals surface area contributed by atoms with Gasteiger partial charge in [0, 0.05) is 67.5 Å². The first-order valence-electron chi connectivity index (χ1n) is 35.2. The second-order valence-electron chi connectivity index (χ2n) is 26.7. The Bertz CT molecular complexity index is 3710. The first-order chi connectivity index (χ1) is 51.2. The topological polar surface area (TPSA) is 606 Å². The lowest BCUT2D eigenvalue weighted by Crippen LogP contribution is -2.61. The van der Waals surface area contributed by atoms with Crippen LogP contribution >= 0.6 is 33.3 Å². The van der Waals surface area contributed by atoms with Crippen molar-refractivity contribution in [3.8, 4) is 5.75 Å². The highest BCUT2D eigenvalue weighted by molar-refractivity contribution is 8.76. The maximum atomic E-state index is 15.4. The van der Waals surface area contributed by atoms with E-state index in [1.807, 2.05) is 0 Å². The molecule has 3 heterocycles. The minimum Gasteiger partial charge on any atom is -0.508 e. The Morgan fingerprint density at radius 3 is 1.91 bits per heavy atom. The van der Waals surface area contributed by atoms with E-state index in [2.05, 4.69) is 73.5 Å². The maximum Gasteiger partial charge on any atom is 0.326 e. The van der Waals surface area contributed by atoms with Crippen molar-refractivity contribution in [2.45, 2.75) is 178 Å². The van der Waals surface area contributed by atoms with Crippen LogP contribution in [-0.4, -0.2) is 242 Å². The lowest BCUT2D eigenvalue weighted by atomic mass is 9.99. The number of aromatic hydroxyl groups is 1. The molecule has 2 aliphatic heterocycles. The molecule has 2 aromatic carbocycles. The molecule has 2 saturated heterocycles. The van der Waals surface area contributed by atoms with Gasteiger partial charge < -0.3 is 112 Å². The number of fused-ring (bicyclic) bond motifs is 2. The quantitative estimate of drug-likeness (QED) is 0.0128. The van der Waals surface area contributed by atoms with Crippen LogP contribution in [-0.2, 0) is 80.0 Å². The third kappa shape index (κ3) is 28.9. The number of thioether (sulfide) groups is 1. The molecule has 594 valence electrons. The molecule has 3 aromatic rings. The normalized spacial score (nSPS) is 21.0. The Kier molecular flexibility index (Phi) is 36.3. The van der Waals surface area contributed by atoms with Crippen molar-refractivity contribution in [1.82, 2.24) is 68.4 Å². The summed E-state index contributed by atoms with van der Waals surface area (Å²) in [5, 5.41) is 59.3. The second-order valence-corrected chi connectivity index (χ2v) is 30.2. The first kappa shape index (κ1) is 88.5. The lowest BCUT2D eigenvalue weighted by molar-refractivity contribution is -0.144. The number of hydrogen-bond donors (Lipinski definition) is 20. The molecule has 2 fully saturated rings. The molecule has 0 bridgehead atoms. The van der Waals surface area contributed by atoms with Crippen LogP contribution in [0.25, 0.3) is 10.9 Å². The number of benzene rings is 2. The number of nitrogens with one attached hydrogen (secondary N) is 12. The summed E-state index contributed by atoms with van der Waals surface area (Å²) in [4.78, 5) is 211. The Labute approximate surface area is 636 Å². The van der Waals surface area contributed by atoms with Crippen molar-refractivity contribution in [3.63, 3.8) is 0 Å². The molecule has 12 amide bonds. The summed E-state index contributed by atoms with van der Waals surface area (Å²) >= 11 is 1.35. The van der Waals surface area contributed by atoms with E-state index in [9.17, 15) is 68.1 Å². The molecule has 0 aliphatic carbocycles. The monoisotopic (exact) mass is 1570 g/mol. The number of H-pyrrole nitrogens is 1. The zero-order chi connectivity index (χ0) is 79.9. The number of para-hydroxylation sites is 1. The summed E-state index contributed by atoms with van der Waals surface area (Å²) in [6.07, 6.45) is 1.60. The van der Waals surface area contributed by atoms with E-state index in [0.717, 1.165) is 21.6 Å². The number of carbonyl (C=O) groups excluding carboxylic acids is 12. The van der Waals surface area contributed by atoms with Crippen molar-refractivity contribution in [1.29, 1.82) is 0 Å². The van der Waals surface area contributed by atoms with E-state index in [-0.39, 0.29) is 101 Å². The maximum absolute atomic E-state index is 15.4. The molecule has 40 heteroatoms. The molecule has 1 aromatic heterocycles. The molecule has 12 atom stereocenters. The van der Waals surface area contributed by atoms with Gasteiger partial charge in [-0.3, -0.25) is 72.3 Å². The average Bonchev–Trinajstić information content (AvgIpc) is 1.66. The van der Waals surface area contributed by atoms with Gasteiger partial charge in [-0.15, -0.1) is 0 Å². The van der Waals surface area contributed by atoms with Crippen LogP contribution in [0.4, 0.5) is 0 Å². The molecule has 0 spiro atoms. The number of hydrogen-bond acceptors (Lipinski definition) is 21. The van der Waals surface area contributed by atoms with Gasteiger partial charge in [0.15, 0.2) is 11.9 Å². The Balaban J connectivity index is 1.67. The smallest absolute Gasteiger partial charge is 0.326 e. The van der Waals surface area contributed by atoms with Crippen LogP contribution in [0.15, 0.2) is 64.7 Å². The molecule has 25 N–H and O–H groups in total. The predicted octanol–water partition coefficient (Wildman–Crippen LogP) is -3.52. The SMILES string of the molecule is CSCC[C@@H](NC(=O)[C@H](C)N)C(=O)N[C@@H]1CSSC[C@@H](C(=O)N[C@H](Cc2c[nH]c3ccccc23)C(=O)N[C@H](CCC(=O)O)C(=O)N[C@@H](C(=O)O)C(C)C)NC(=O)[C@@H]2CCCN2C(=O)[C@@H](CCCN=C(N)N)NC(=O)[C@H](Cc2ccc(O)cc2)NC(=O)[C@@H](C(C)C)NC(=O)[C@H](CCCN=C(N)N)NC(=O)CNC1=O. The molecule has 108 heavy (non-hydrogen) atoms. The number of carbonyl (C=O) groups is 14. The van der Waals surface area contributed by atoms with Gasteiger partial charge in [0.25, 0.3) is 0 Å². The van der Waals surface area contributed by atoms with Crippen molar-refractivity contribution < 1.29 is 82.4 Å². The average molecular weight is 1570 g/mol. The van der Waals surface area contributed by atoms with Gasteiger partial charge in [-0.05, 0) is 111 Å². The number of aromatic amines is 1. The highest BCUT2D eigenvalue weighted by Crippen LogP contribution is 2.27. The van der Waals surface area contributed by atoms with E-state index in [4.69, 9.17) is 28.7 Å². The van der Waals surface area contributed by atoms with Crippen LogP contribution in [0.3, 0.4) is 0 Å². The standard InChI is InChI=1S/C68H102N20O17S3/c1-34(2)53-64(102)83-46(28-37-17-19-39(89)20-18-37)60(98)81-45(15-10-25-75-68(72)73)65(103)88-26-11-16-50(88)63(101)85-49(62(100)82-47(29-38-30-76-41-13-8-7-12-40(38)41)61(99)80-43(21-22-52(91)92)59(97)87-54(35(3)4)66(104)105)33-108-107-32-48(84-57(95)44(23-27-106-6)79-55(93)36(5)69)56(94)77-31-51(90)78-42(58(96)86-53)14-9-24-74-67(70)71/h7-8,12-13,17-20,30,34-36,42-50,53-54,76,89H,9-11,14-16,21-29,31-33,69H2,1-6H3,(H,77,94)(H,78,90)(H,79,93)(H,80,99)(H,81,98)(H,82,100)(H,83,102)(H,84,95)(H,85,101)(H,86,96)(H,87,97)(H,91,92)(H,104,105)(H4,70,71,74)(H4,72,73,75)/t36-,42-,43+,44+,45+,46-,47+,48+,49-,50-,53+,54+/m0/s1. The molecule has 5 rings (SSSR count). The number of carboxylic acids is 2. The number of phenolic OH excluding ortho intramolecular Hbond substituents is 1. The van der Waals surface area contributed by atoms with Crippen LogP contribution < -0.4 is 87.2 Å². The molecular weight excluding hydrogens is 1470 g/mol. The van der Waals surface area contributed by atoms with Crippen molar-refractivity contribution >= 4 is 139 Å². The van der Waals surface area contributed by atoms with E-state index in [1.54, 1.807) is 50.6 Å². The number of amides is 12. The third-order valence-electron chi connectivity index (χ3n) is 17.4. The third-order valence-corrected chi connectivity index (χ3v) is 20.5. The Morgan fingerprint density at radius 1 is 0.676 bits per heavy atom. The Hall–Kier alpha value is -10.1. The number of phenols is 1. The minimum atomic E-state index is -1.70. The minimum absolute atomic E-state index is 0.0104. The van der Waals surface area contributed by atoms with Gasteiger partial charge in [-0.1, -0.05) is 79.6 Å². The van der Waals surface area contributed by atoms with Gasteiger partial charge in [0.2, 0.25) is 70.9 Å². The largest absolute Gasteiger partial charge is 0.508 e. The molecule has 0 unspecified atom stereocenters. The summed E-state index contributed by atoms with van der Waals surface area (Å²) in [6, 6.07) is -5.11. The molecule has 0 saturated carbocycles. The fraction of sp³-hybridized carbons (Fsp3) is 0.559.